The molecule has 0 aromatic heterocycles. The number of benzene rings is 1. The van der Waals surface area contributed by atoms with E-state index in [4.69, 9.17) is 9.47 Å². The summed E-state index contributed by atoms with van der Waals surface area (Å²) in [5, 5.41) is 14.5. The van der Waals surface area contributed by atoms with Crippen LogP contribution in [0, 0.1) is 10.1 Å². The van der Waals surface area contributed by atoms with Crippen LogP contribution in [-0.4, -0.2) is 50.9 Å². The molecule has 0 bridgehead atoms. The van der Waals surface area contributed by atoms with Crippen molar-refractivity contribution in [1.82, 2.24) is 5.32 Å². The topological polar surface area (TPSA) is 76.9 Å². The summed E-state index contributed by atoms with van der Waals surface area (Å²) in [7, 11) is 1.86. The molecule has 0 radical (unpaired) electrons. The van der Waals surface area contributed by atoms with Crippen LogP contribution in [-0.2, 0) is 4.74 Å². The van der Waals surface area contributed by atoms with Crippen LogP contribution in [0.2, 0.25) is 0 Å². The lowest BCUT2D eigenvalue weighted by Gasteiger charge is -2.34. The lowest BCUT2D eigenvalue weighted by molar-refractivity contribution is -0.385. The van der Waals surface area contributed by atoms with Crippen molar-refractivity contribution in [2.45, 2.75) is 13.0 Å². The van der Waals surface area contributed by atoms with Crippen molar-refractivity contribution in [3.8, 4) is 5.75 Å². The van der Waals surface area contributed by atoms with Crippen LogP contribution in [0.15, 0.2) is 18.2 Å². The zero-order valence-corrected chi connectivity index (χ0v) is 12.4. The quantitative estimate of drug-likeness (QED) is 0.632. The number of nitrogens with one attached hydrogen (secondary N) is 1. The number of rotatable bonds is 6. The number of nitro groups is 1. The average Bonchev–Trinajstić information content (AvgIpc) is 2.48. The first-order valence-electron chi connectivity index (χ1n) is 7.08. The van der Waals surface area contributed by atoms with E-state index in [-0.39, 0.29) is 16.7 Å². The van der Waals surface area contributed by atoms with Gasteiger partial charge in [-0.15, -0.1) is 0 Å². The maximum Gasteiger partial charge on any atom is 0.333 e. The van der Waals surface area contributed by atoms with E-state index in [1.807, 2.05) is 18.9 Å². The first kappa shape index (κ1) is 15.5. The Kier molecular flexibility index (Phi) is 5.35. The highest BCUT2D eigenvalue weighted by Gasteiger charge is 2.28. The molecule has 1 atom stereocenters. The summed E-state index contributed by atoms with van der Waals surface area (Å²) in [6.07, 6.45) is 0.0269. The molecule has 1 heterocycles. The minimum Gasteiger partial charge on any atom is -0.487 e. The second-order valence-corrected chi connectivity index (χ2v) is 4.81. The van der Waals surface area contributed by atoms with Crippen molar-refractivity contribution < 1.29 is 14.4 Å². The van der Waals surface area contributed by atoms with Crippen molar-refractivity contribution in [2.24, 2.45) is 0 Å². The van der Waals surface area contributed by atoms with E-state index >= 15 is 0 Å². The highest BCUT2D eigenvalue weighted by atomic mass is 16.6. The average molecular weight is 295 g/mol. The Bertz CT molecular complexity index is 493. The third kappa shape index (κ3) is 3.62. The van der Waals surface area contributed by atoms with E-state index in [0.29, 0.717) is 37.7 Å². The van der Waals surface area contributed by atoms with E-state index in [9.17, 15) is 10.1 Å². The molecule has 116 valence electrons. The molecule has 1 saturated heterocycles. The number of nitrogens with zero attached hydrogens (tertiary/aromatic N) is 2. The maximum absolute atomic E-state index is 11.4. The van der Waals surface area contributed by atoms with Crippen LogP contribution in [0.1, 0.15) is 6.92 Å². The van der Waals surface area contributed by atoms with Gasteiger partial charge in [0.05, 0.1) is 24.2 Å². The molecular formula is C14H21N3O4. The molecule has 0 saturated carbocycles. The van der Waals surface area contributed by atoms with Crippen molar-refractivity contribution in [3.05, 3.63) is 28.3 Å². The summed E-state index contributed by atoms with van der Waals surface area (Å²) in [5.74, 6) is 0.316. The van der Waals surface area contributed by atoms with Gasteiger partial charge in [-0.1, -0.05) is 6.07 Å². The van der Waals surface area contributed by atoms with Crippen molar-refractivity contribution >= 4 is 11.4 Å². The summed E-state index contributed by atoms with van der Waals surface area (Å²) in [5.41, 5.74) is 0.625. The minimum absolute atomic E-state index is 0.0269. The molecule has 1 unspecified atom stereocenters. The normalized spacial score (nSPS) is 18.6. The van der Waals surface area contributed by atoms with Gasteiger partial charge < -0.3 is 19.7 Å². The second kappa shape index (κ2) is 7.24. The molecule has 7 nitrogen and oxygen atoms in total. The Morgan fingerprint density at radius 1 is 1.57 bits per heavy atom. The lowest BCUT2D eigenvalue weighted by Crippen LogP contribution is -2.46. The number of ether oxygens (including phenoxy) is 2. The molecule has 1 aliphatic rings. The summed E-state index contributed by atoms with van der Waals surface area (Å²) < 4.78 is 11.0. The smallest absolute Gasteiger partial charge is 0.333 e. The fourth-order valence-corrected chi connectivity index (χ4v) is 2.51. The molecule has 1 fully saturated rings. The second-order valence-electron chi connectivity index (χ2n) is 4.81. The number of hydrogen-bond acceptors (Lipinski definition) is 6. The maximum atomic E-state index is 11.4. The van der Waals surface area contributed by atoms with E-state index < -0.39 is 0 Å². The largest absolute Gasteiger partial charge is 0.487 e. The molecule has 1 aromatic rings. The number of anilines is 1. The van der Waals surface area contributed by atoms with Gasteiger partial charge in [0.15, 0.2) is 5.75 Å². The van der Waals surface area contributed by atoms with Crippen LogP contribution in [0.4, 0.5) is 11.4 Å². The summed E-state index contributed by atoms with van der Waals surface area (Å²) in [6.45, 7) is 4.75. The molecule has 0 aliphatic carbocycles. The number of likely N-dealkylation sites (N-methyl/N-ethyl adjacent to an activating group) is 1. The van der Waals surface area contributed by atoms with Gasteiger partial charge in [0.2, 0.25) is 0 Å². The lowest BCUT2D eigenvalue weighted by atomic mass is 10.2. The van der Waals surface area contributed by atoms with Gasteiger partial charge in [-0.25, -0.2) is 0 Å². The number of hydrogen-bond donors (Lipinski definition) is 1. The Morgan fingerprint density at radius 3 is 3.05 bits per heavy atom. The van der Waals surface area contributed by atoms with Crippen molar-refractivity contribution in [1.29, 1.82) is 0 Å². The van der Waals surface area contributed by atoms with Gasteiger partial charge in [0, 0.05) is 19.6 Å². The van der Waals surface area contributed by atoms with Crippen LogP contribution < -0.4 is 15.0 Å². The SMILES string of the molecule is CCOc1cccc(N2CCOC(CNC)C2)c1[N+](=O)[O-]. The van der Waals surface area contributed by atoms with Gasteiger partial charge >= 0.3 is 5.69 Å². The Morgan fingerprint density at radius 2 is 2.38 bits per heavy atom. The number of nitro benzene ring substituents is 1. The van der Waals surface area contributed by atoms with Crippen LogP contribution in [0.25, 0.3) is 0 Å². The van der Waals surface area contributed by atoms with E-state index in [1.165, 1.54) is 0 Å². The van der Waals surface area contributed by atoms with Crippen molar-refractivity contribution in [2.75, 3.05) is 44.8 Å². The number of para-hydroxylation sites is 1. The van der Waals surface area contributed by atoms with Crippen LogP contribution in [0.5, 0.6) is 5.75 Å². The Balaban J connectivity index is 2.29. The zero-order chi connectivity index (χ0) is 15.2. The summed E-state index contributed by atoms with van der Waals surface area (Å²) >= 11 is 0. The highest BCUT2D eigenvalue weighted by Crippen LogP contribution is 2.37. The monoisotopic (exact) mass is 295 g/mol. The summed E-state index contributed by atoms with van der Waals surface area (Å²) in [4.78, 5) is 13.0. The van der Waals surface area contributed by atoms with E-state index in [0.717, 1.165) is 6.54 Å². The van der Waals surface area contributed by atoms with Crippen LogP contribution >= 0.6 is 0 Å². The third-order valence-electron chi connectivity index (χ3n) is 3.37. The van der Waals surface area contributed by atoms with E-state index in [2.05, 4.69) is 5.32 Å². The Hall–Kier alpha value is -1.86. The highest BCUT2D eigenvalue weighted by molar-refractivity contribution is 5.70. The first-order chi connectivity index (χ1) is 10.2. The molecule has 0 spiro atoms. The van der Waals surface area contributed by atoms with Gasteiger partial charge in [-0.2, -0.15) is 0 Å². The molecule has 7 heteroatoms. The molecular weight excluding hydrogens is 274 g/mol. The van der Waals surface area contributed by atoms with Gasteiger partial charge in [-0.3, -0.25) is 10.1 Å². The fraction of sp³-hybridized carbons (Fsp3) is 0.571. The van der Waals surface area contributed by atoms with Crippen molar-refractivity contribution in [3.63, 3.8) is 0 Å². The molecule has 1 N–H and O–H groups in total. The predicted molar refractivity (Wildman–Crippen MR) is 80.1 cm³/mol. The van der Waals surface area contributed by atoms with Crippen LogP contribution in [0.3, 0.4) is 0 Å². The molecule has 2 rings (SSSR count). The standard InChI is InChI=1S/C14H21N3O4/c1-3-20-13-6-4-5-12(14(13)17(18)19)16-7-8-21-11(10-16)9-15-2/h4-6,11,15H,3,7-10H2,1-2H3. The molecule has 21 heavy (non-hydrogen) atoms. The van der Waals surface area contributed by atoms with E-state index in [1.54, 1.807) is 18.2 Å². The molecule has 1 aliphatic heterocycles. The zero-order valence-electron chi connectivity index (χ0n) is 12.4. The molecule has 1 aromatic carbocycles. The third-order valence-corrected chi connectivity index (χ3v) is 3.37. The molecule has 0 amide bonds. The Labute approximate surface area is 124 Å². The summed E-state index contributed by atoms with van der Waals surface area (Å²) in [6, 6.07) is 5.19. The predicted octanol–water partition coefficient (Wildman–Crippen LogP) is 1.42. The first-order valence-corrected chi connectivity index (χ1v) is 7.08. The van der Waals surface area contributed by atoms with Gasteiger partial charge in [-0.05, 0) is 26.1 Å². The van der Waals surface area contributed by atoms with Gasteiger partial charge in [0.25, 0.3) is 0 Å². The minimum atomic E-state index is -0.372. The van der Waals surface area contributed by atoms with Gasteiger partial charge in [0.1, 0.15) is 5.69 Å². The fourth-order valence-electron chi connectivity index (χ4n) is 2.51. The number of morpholine rings is 1.